The monoisotopic (exact) mass is 447 g/mol. The molecule has 0 N–H and O–H groups in total. The third kappa shape index (κ3) is 2.21. The highest BCUT2D eigenvalue weighted by atomic mass is 15.3. The van der Waals surface area contributed by atoms with E-state index in [1.165, 1.54) is 72.4 Å². The lowest BCUT2D eigenvalue weighted by Gasteiger charge is -2.38. The summed E-state index contributed by atoms with van der Waals surface area (Å²) in [4.78, 5) is 12.1. The van der Waals surface area contributed by atoms with Crippen molar-refractivity contribution < 1.29 is 0 Å². The van der Waals surface area contributed by atoms with Crippen molar-refractivity contribution in [3.8, 4) is 22.3 Å². The molecule has 0 amide bonds. The molecule has 35 heavy (non-hydrogen) atoms. The lowest BCUT2D eigenvalue weighted by atomic mass is 9.82. The summed E-state index contributed by atoms with van der Waals surface area (Å²) in [5, 5.41) is 0. The van der Waals surface area contributed by atoms with E-state index in [1.807, 2.05) is 12.4 Å². The molecule has 164 valence electrons. The van der Waals surface area contributed by atoms with Crippen molar-refractivity contribution in [3.63, 3.8) is 0 Å². The number of hydrogen-bond acceptors (Lipinski definition) is 3. The first-order valence-electron chi connectivity index (χ1n) is 12.4. The fraction of sp³-hybridized carbons (Fsp3) is 0.125. The molecule has 3 nitrogen and oxygen atoms in total. The van der Waals surface area contributed by atoms with E-state index in [-0.39, 0.29) is 0 Å². The quantitative estimate of drug-likeness (QED) is 0.253. The van der Waals surface area contributed by atoms with E-state index in [4.69, 9.17) is 9.97 Å². The van der Waals surface area contributed by atoms with Crippen LogP contribution in [0.4, 0.5) is 17.3 Å². The van der Waals surface area contributed by atoms with Gasteiger partial charge in [0.25, 0.3) is 0 Å². The fourth-order valence-electron chi connectivity index (χ4n) is 7.05. The number of aromatic nitrogens is 2. The Balaban J connectivity index is 1.38. The summed E-state index contributed by atoms with van der Waals surface area (Å²) in [7, 11) is 0. The predicted molar refractivity (Wildman–Crippen MR) is 139 cm³/mol. The van der Waals surface area contributed by atoms with Crippen LogP contribution in [-0.4, -0.2) is 9.97 Å². The van der Waals surface area contributed by atoms with E-state index in [9.17, 15) is 0 Å². The van der Waals surface area contributed by atoms with Crippen LogP contribution in [0.2, 0.25) is 0 Å². The minimum Gasteiger partial charge on any atom is -0.278 e. The second-order valence-corrected chi connectivity index (χ2v) is 10.2. The van der Waals surface area contributed by atoms with Crippen molar-refractivity contribution in [2.75, 3.05) is 4.90 Å². The van der Waals surface area contributed by atoms with Gasteiger partial charge in [-0.05, 0) is 91.7 Å². The molecule has 0 unspecified atom stereocenters. The summed E-state index contributed by atoms with van der Waals surface area (Å²) in [6.07, 6.45) is 7.71. The number of fused-ring (bicyclic) bond motifs is 12. The second-order valence-electron chi connectivity index (χ2n) is 10.2. The van der Waals surface area contributed by atoms with Gasteiger partial charge in [-0.3, -0.25) is 4.90 Å². The molecule has 0 radical (unpaired) electrons. The van der Waals surface area contributed by atoms with Gasteiger partial charge < -0.3 is 0 Å². The van der Waals surface area contributed by atoms with E-state index in [2.05, 4.69) is 71.6 Å². The summed E-state index contributed by atoms with van der Waals surface area (Å²) in [6, 6.07) is 24.8. The zero-order valence-corrected chi connectivity index (χ0v) is 19.2. The van der Waals surface area contributed by atoms with Crippen molar-refractivity contribution in [1.82, 2.24) is 9.97 Å². The summed E-state index contributed by atoms with van der Waals surface area (Å²) >= 11 is 0. The topological polar surface area (TPSA) is 29.0 Å². The van der Waals surface area contributed by atoms with Crippen LogP contribution >= 0.6 is 0 Å². The molecular weight excluding hydrogens is 426 g/mol. The lowest BCUT2D eigenvalue weighted by Crippen LogP contribution is -2.27. The largest absolute Gasteiger partial charge is 0.278 e. The molecular formula is C32H21N3. The van der Waals surface area contributed by atoms with Crippen LogP contribution in [0.1, 0.15) is 44.5 Å². The van der Waals surface area contributed by atoms with Gasteiger partial charge in [0.05, 0.1) is 5.69 Å². The fourth-order valence-corrected chi connectivity index (χ4v) is 7.05. The average Bonchev–Trinajstić information content (AvgIpc) is 3.46. The molecule has 0 bridgehead atoms. The number of anilines is 3. The number of benzene rings is 3. The normalized spacial score (nSPS) is 14.9. The van der Waals surface area contributed by atoms with Crippen LogP contribution in [0, 0.1) is 0 Å². The van der Waals surface area contributed by atoms with Gasteiger partial charge in [-0.25, -0.2) is 9.97 Å². The highest BCUT2D eigenvalue weighted by Gasteiger charge is 2.38. The van der Waals surface area contributed by atoms with E-state index in [0.29, 0.717) is 0 Å². The summed E-state index contributed by atoms with van der Waals surface area (Å²) in [5.74, 6) is 2.06. The first-order valence-corrected chi connectivity index (χ1v) is 12.4. The van der Waals surface area contributed by atoms with Crippen molar-refractivity contribution in [1.29, 1.82) is 0 Å². The smallest absolute Gasteiger partial charge is 0.142 e. The van der Waals surface area contributed by atoms with Gasteiger partial charge >= 0.3 is 0 Å². The number of nitrogens with zero attached hydrogens (tertiary/aromatic N) is 3. The number of rotatable bonds is 0. The molecule has 0 atom stereocenters. The van der Waals surface area contributed by atoms with Gasteiger partial charge in [0.15, 0.2) is 0 Å². The van der Waals surface area contributed by atoms with Gasteiger partial charge in [0.1, 0.15) is 11.6 Å². The first kappa shape index (κ1) is 18.1. The molecule has 2 aliphatic heterocycles. The number of pyridine rings is 2. The van der Waals surface area contributed by atoms with Gasteiger partial charge in [-0.1, -0.05) is 54.6 Å². The molecule has 3 aromatic carbocycles. The van der Waals surface area contributed by atoms with Crippen molar-refractivity contribution in [2.45, 2.75) is 25.7 Å². The summed E-state index contributed by atoms with van der Waals surface area (Å²) in [5.41, 5.74) is 18.4. The predicted octanol–water partition coefficient (Wildman–Crippen LogP) is 6.90. The summed E-state index contributed by atoms with van der Waals surface area (Å²) < 4.78 is 0. The van der Waals surface area contributed by atoms with Crippen LogP contribution in [0.25, 0.3) is 22.3 Å². The Hall–Kier alpha value is -4.24. The molecule has 4 aliphatic rings. The van der Waals surface area contributed by atoms with E-state index >= 15 is 0 Å². The minimum absolute atomic E-state index is 0.915. The van der Waals surface area contributed by atoms with Gasteiger partial charge in [0.2, 0.25) is 0 Å². The maximum Gasteiger partial charge on any atom is 0.142 e. The summed E-state index contributed by atoms with van der Waals surface area (Å²) in [6.45, 7) is 0. The Morgan fingerprint density at radius 3 is 2.00 bits per heavy atom. The molecule has 2 aromatic heterocycles. The van der Waals surface area contributed by atoms with E-state index < -0.39 is 0 Å². The highest BCUT2D eigenvalue weighted by Crippen LogP contribution is 2.57. The third-order valence-corrected chi connectivity index (χ3v) is 8.37. The van der Waals surface area contributed by atoms with Crippen molar-refractivity contribution in [3.05, 3.63) is 124 Å². The zero-order chi connectivity index (χ0) is 22.7. The third-order valence-electron chi connectivity index (χ3n) is 8.37. The molecule has 9 rings (SSSR count). The molecule has 0 fully saturated rings. The Bertz CT molecular complexity index is 1750. The molecule has 3 heteroatoms. The molecule has 2 aliphatic carbocycles. The minimum atomic E-state index is 0.915. The first-order chi connectivity index (χ1) is 17.3. The van der Waals surface area contributed by atoms with Crippen LogP contribution in [-0.2, 0) is 25.7 Å². The van der Waals surface area contributed by atoms with Crippen LogP contribution < -0.4 is 4.90 Å². The average molecular weight is 448 g/mol. The standard InChI is InChI=1S/C32H21N3/c1-2-8-25-18(5-1)13-19-9-10-20-14-23-16-24-15-21-6-3-11-33-31(21)35-30(24)26(28(23)29(20)27(19)25)17-22-7-4-12-34-32(22)35/h1-12,16H,13-15,17H2. The Morgan fingerprint density at radius 1 is 0.514 bits per heavy atom. The van der Waals surface area contributed by atoms with Gasteiger partial charge in [-0.2, -0.15) is 0 Å². The second kappa shape index (κ2) is 6.25. The molecule has 0 saturated carbocycles. The van der Waals surface area contributed by atoms with Gasteiger partial charge in [0, 0.05) is 25.2 Å². The van der Waals surface area contributed by atoms with E-state index in [1.54, 1.807) is 0 Å². The SMILES string of the molecule is c1ccc2c(c1)Cc1ccc3c(c1-2)-c1c(cc2c4c1Cc1cccnc1N4c1ncccc1C2)C3. The molecule has 4 heterocycles. The number of hydrogen-bond donors (Lipinski definition) is 0. The van der Waals surface area contributed by atoms with Crippen molar-refractivity contribution >= 4 is 17.3 Å². The van der Waals surface area contributed by atoms with Crippen molar-refractivity contribution in [2.24, 2.45) is 0 Å². The molecule has 0 spiro atoms. The van der Waals surface area contributed by atoms with Crippen LogP contribution in [0.15, 0.2) is 79.1 Å². The van der Waals surface area contributed by atoms with Crippen LogP contribution in [0.5, 0.6) is 0 Å². The molecule has 5 aromatic rings. The zero-order valence-electron chi connectivity index (χ0n) is 19.2. The maximum absolute atomic E-state index is 4.86. The highest BCUT2D eigenvalue weighted by molar-refractivity contribution is 6.00. The Kier molecular flexibility index (Phi) is 3.24. The van der Waals surface area contributed by atoms with Gasteiger partial charge in [-0.15, -0.1) is 0 Å². The Morgan fingerprint density at radius 2 is 1.17 bits per heavy atom. The van der Waals surface area contributed by atoms with E-state index in [0.717, 1.165) is 37.3 Å². The lowest BCUT2D eigenvalue weighted by molar-refractivity contribution is 0.954. The Labute approximate surface area is 203 Å². The van der Waals surface area contributed by atoms with Crippen LogP contribution in [0.3, 0.4) is 0 Å². The maximum atomic E-state index is 4.86. The molecule has 0 saturated heterocycles.